The Balaban J connectivity index is 3.61. The van der Waals surface area contributed by atoms with E-state index in [4.69, 9.17) is 10.2 Å². The number of carbonyl (C=O) groups is 1. The first-order valence-electron chi connectivity index (χ1n) is 8.81. The van der Waals surface area contributed by atoms with Gasteiger partial charge in [0.05, 0.1) is 12.5 Å². The van der Waals surface area contributed by atoms with E-state index in [9.17, 15) is 4.79 Å². The van der Waals surface area contributed by atoms with Crippen LogP contribution in [0.4, 0.5) is 0 Å². The molecule has 0 aromatic carbocycles. The fourth-order valence-electron chi connectivity index (χ4n) is 1.96. The van der Waals surface area contributed by atoms with Crippen molar-refractivity contribution in [2.75, 3.05) is 6.61 Å². The monoisotopic (exact) mass is 332 g/mol. The van der Waals surface area contributed by atoms with Crippen LogP contribution in [0.1, 0.15) is 51.9 Å². The Morgan fingerprint density at radius 2 is 1.21 bits per heavy atom. The third-order valence-corrected chi connectivity index (χ3v) is 3.41. The zero-order valence-electron chi connectivity index (χ0n) is 14.8. The number of hydrogen-bond donors (Lipinski definition) is 2. The van der Waals surface area contributed by atoms with Crippen LogP contribution in [0.25, 0.3) is 0 Å². The van der Waals surface area contributed by atoms with Crippen LogP contribution in [-0.4, -0.2) is 22.8 Å². The fourth-order valence-corrected chi connectivity index (χ4v) is 1.96. The molecule has 0 aromatic heterocycles. The highest BCUT2D eigenvalue weighted by Crippen LogP contribution is 2.06. The van der Waals surface area contributed by atoms with Crippen LogP contribution in [0.15, 0.2) is 60.8 Å². The molecule has 3 heteroatoms. The van der Waals surface area contributed by atoms with Crippen molar-refractivity contribution in [3.63, 3.8) is 0 Å². The van der Waals surface area contributed by atoms with E-state index in [0.29, 0.717) is 12.8 Å². The van der Waals surface area contributed by atoms with Crippen LogP contribution in [0.5, 0.6) is 0 Å². The van der Waals surface area contributed by atoms with Gasteiger partial charge in [-0.1, -0.05) is 67.7 Å². The first kappa shape index (κ1) is 22.1. The highest BCUT2D eigenvalue weighted by molar-refractivity contribution is 5.70. The lowest BCUT2D eigenvalue weighted by Crippen LogP contribution is -2.17. The van der Waals surface area contributed by atoms with Crippen LogP contribution >= 0.6 is 0 Å². The molecule has 1 unspecified atom stereocenters. The summed E-state index contributed by atoms with van der Waals surface area (Å²) < 4.78 is 0. The third-order valence-electron chi connectivity index (χ3n) is 3.41. The fraction of sp³-hybridized carbons (Fsp3) is 0.476. The van der Waals surface area contributed by atoms with E-state index in [1.165, 1.54) is 0 Å². The second kappa shape index (κ2) is 17.5. The molecule has 0 radical (unpaired) electrons. The third kappa shape index (κ3) is 15.0. The van der Waals surface area contributed by atoms with Crippen LogP contribution in [0.3, 0.4) is 0 Å². The summed E-state index contributed by atoms with van der Waals surface area (Å²) in [6.07, 6.45) is 27.3. The Kier molecular flexibility index (Phi) is 16.1. The van der Waals surface area contributed by atoms with E-state index < -0.39 is 11.9 Å². The number of carboxylic acids is 1. The minimum atomic E-state index is -0.926. The highest BCUT2D eigenvalue weighted by atomic mass is 16.4. The van der Waals surface area contributed by atoms with Crippen molar-refractivity contribution in [1.29, 1.82) is 0 Å². The van der Waals surface area contributed by atoms with Gasteiger partial charge in [-0.3, -0.25) is 4.79 Å². The summed E-state index contributed by atoms with van der Waals surface area (Å²) in [5.74, 6) is -1.57. The summed E-state index contributed by atoms with van der Waals surface area (Å²) in [4.78, 5) is 10.7. The van der Waals surface area contributed by atoms with Gasteiger partial charge in [0.2, 0.25) is 0 Å². The molecule has 0 saturated heterocycles. The molecule has 134 valence electrons. The molecule has 0 aliphatic rings. The van der Waals surface area contributed by atoms with Crippen molar-refractivity contribution in [1.82, 2.24) is 0 Å². The van der Waals surface area contributed by atoms with Gasteiger partial charge in [-0.25, -0.2) is 0 Å². The van der Waals surface area contributed by atoms with Gasteiger partial charge in [0.15, 0.2) is 0 Å². The normalized spacial score (nSPS) is 14.1. The summed E-state index contributed by atoms with van der Waals surface area (Å²) in [6, 6.07) is 0. The van der Waals surface area contributed by atoms with Gasteiger partial charge in [-0.2, -0.15) is 0 Å². The lowest BCUT2D eigenvalue weighted by atomic mass is 10.0. The number of allylic oxidation sites excluding steroid dienone is 10. The Labute approximate surface area is 146 Å². The smallest absolute Gasteiger partial charge is 0.308 e. The molecule has 0 amide bonds. The highest BCUT2D eigenvalue weighted by Gasteiger charge is 2.14. The summed E-state index contributed by atoms with van der Waals surface area (Å²) in [5.41, 5.74) is 0. The summed E-state index contributed by atoms with van der Waals surface area (Å²) in [6.45, 7) is 1.85. The topological polar surface area (TPSA) is 57.5 Å². The van der Waals surface area contributed by atoms with Gasteiger partial charge in [0.1, 0.15) is 0 Å². The van der Waals surface area contributed by atoms with Gasteiger partial charge in [0, 0.05) is 0 Å². The van der Waals surface area contributed by atoms with E-state index in [-0.39, 0.29) is 6.61 Å². The Morgan fingerprint density at radius 3 is 1.58 bits per heavy atom. The zero-order chi connectivity index (χ0) is 17.9. The lowest BCUT2D eigenvalue weighted by Gasteiger charge is -2.05. The molecule has 0 saturated carbocycles. The maximum atomic E-state index is 10.7. The van der Waals surface area contributed by atoms with Crippen molar-refractivity contribution in [3.05, 3.63) is 60.8 Å². The molecular weight excluding hydrogens is 300 g/mol. The molecule has 0 aliphatic heterocycles. The first-order valence-corrected chi connectivity index (χ1v) is 8.81. The maximum absolute atomic E-state index is 10.7. The number of aliphatic hydroxyl groups excluding tert-OH is 1. The number of rotatable bonds is 14. The van der Waals surface area contributed by atoms with Crippen LogP contribution in [0, 0.1) is 5.92 Å². The molecule has 24 heavy (non-hydrogen) atoms. The number of aliphatic carboxylic acids is 1. The van der Waals surface area contributed by atoms with E-state index in [1.807, 2.05) is 12.2 Å². The summed E-state index contributed by atoms with van der Waals surface area (Å²) in [7, 11) is 0. The molecule has 0 aromatic rings. The minimum absolute atomic E-state index is 0.292. The van der Waals surface area contributed by atoms with Crippen molar-refractivity contribution in [2.45, 2.75) is 51.9 Å². The van der Waals surface area contributed by atoms with Crippen LogP contribution in [0.2, 0.25) is 0 Å². The largest absolute Gasteiger partial charge is 0.481 e. The number of hydrogen-bond acceptors (Lipinski definition) is 2. The standard InChI is InChI=1S/C21H32O3/c1-2-3-4-5-6-7-8-9-10-11-12-13-14-15-16-17-18-20(19-22)21(23)24/h3-4,6-7,9-10,12-13,15-16,20,22H,2,5,8,11,14,17-19H2,1H3,(H,23,24)/b4-3-,7-6-,10-9-,13-12-,16-15-. The predicted octanol–water partition coefficient (Wildman–Crippen LogP) is 5.21. The molecule has 0 heterocycles. The molecule has 0 aliphatic carbocycles. The summed E-state index contributed by atoms with van der Waals surface area (Å²) >= 11 is 0. The zero-order valence-corrected chi connectivity index (χ0v) is 14.8. The minimum Gasteiger partial charge on any atom is -0.481 e. The van der Waals surface area contributed by atoms with Gasteiger partial charge >= 0.3 is 5.97 Å². The molecule has 0 bridgehead atoms. The van der Waals surface area contributed by atoms with Gasteiger partial charge < -0.3 is 10.2 Å². The Bertz CT molecular complexity index is 442. The van der Waals surface area contributed by atoms with Crippen LogP contribution in [-0.2, 0) is 4.79 Å². The van der Waals surface area contributed by atoms with Crippen molar-refractivity contribution >= 4 is 5.97 Å². The SMILES string of the molecule is CC/C=C\C/C=C\C/C=C\C/C=C\C/C=C\CCC(CO)C(=O)O. The second-order valence-electron chi connectivity index (χ2n) is 5.50. The Morgan fingerprint density at radius 1 is 0.792 bits per heavy atom. The van der Waals surface area contributed by atoms with Gasteiger partial charge in [-0.15, -0.1) is 0 Å². The van der Waals surface area contributed by atoms with Crippen molar-refractivity contribution in [3.8, 4) is 0 Å². The maximum Gasteiger partial charge on any atom is 0.308 e. The molecular formula is C21H32O3. The molecule has 0 spiro atoms. The Hall–Kier alpha value is -1.87. The van der Waals surface area contributed by atoms with E-state index in [0.717, 1.165) is 32.1 Å². The van der Waals surface area contributed by atoms with Crippen LogP contribution < -0.4 is 0 Å². The predicted molar refractivity (Wildman–Crippen MR) is 102 cm³/mol. The molecule has 0 rings (SSSR count). The van der Waals surface area contributed by atoms with Crippen molar-refractivity contribution in [2.24, 2.45) is 5.92 Å². The van der Waals surface area contributed by atoms with Gasteiger partial charge in [-0.05, 0) is 44.9 Å². The van der Waals surface area contributed by atoms with Gasteiger partial charge in [0.25, 0.3) is 0 Å². The average molecular weight is 332 g/mol. The van der Waals surface area contributed by atoms with E-state index >= 15 is 0 Å². The average Bonchev–Trinajstić information content (AvgIpc) is 2.57. The molecule has 2 N–H and O–H groups in total. The van der Waals surface area contributed by atoms with E-state index in [1.54, 1.807) is 0 Å². The molecule has 1 atom stereocenters. The van der Waals surface area contributed by atoms with E-state index in [2.05, 4.69) is 55.5 Å². The van der Waals surface area contributed by atoms with Crippen molar-refractivity contribution < 1.29 is 15.0 Å². The summed E-state index contributed by atoms with van der Waals surface area (Å²) in [5, 5.41) is 17.7. The molecule has 3 nitrogen and oxygen atoms in total. The number of aliphatic hydroxyl groups is 1. The second-order valence-corrected chi connectivity index (χ2v) is 5.50. The quantitative estimate of drug-likeness (QED) is 0.429. The lowest BCUT2D eigenvalue weighted by molar-refractivity contribution is -0.143. The number of carboxylic acid groups (broad SMARTS) is 1. The first-order chi connectivity index (χ1) is 11.7. The molecule has 0 fully saturated rings.